The highest BCUT2D eigenvalue weighted by Crippen LogP contribution is 2.38. The molecule has 0 heterocycles. The largest absolute Gasteiger partial charge is 0.488 e. The normalized spacial score (nSPS) is 16.6. The number of nitrogens with one attached hydrogen (secondary N) is 2. The molecule has 0 radical (unpaired) electrons. The van der Waals surface area contributed by atoms with Crippen LogP contribution in [0.15, 0.2) is 29.3 Å². The minimum Gasteiger partial charge on any atom is -0.488 e. The van der Waals surface area contributed by atoms with Crippen molar-refractivity contribution >= 4 is 11.9 Å². The molecule has 1 amide bonds. The Hall–Kier alpha value is -2.24. The standard InChI is InChI=1S/C22H36N4O2/c1-21(2,3)28-18-12-8-7-11-17(18)15-24-20(23-4)25-16-22(13-9-10-14-22)19(27)26(5)6/h7-8,11-12H,9-10,13-16H2,1-6H3,(H2,23,24,25). The molecule has 0 unspecified atom stereocenters. The minimum atomic E-state index is -0.325. The Morgan fingerprint density at radius 1 is 1.18 bits per heavy atom. The van der Waals surface area contributed by atoms with Gasteiger partial charge in [0.25, 0.3) is 0 Å². The van der Waals surface area contributed by atoms with Gasteiger partial charge in [-0.05, 0) is 39.7 Å². The Balaban J connectivity index is 2.00. The molecule has 1 aromatic carbocycles. The Kier molecular flexibility index (Phi) is 7.33. The molecule has 2 N–H and O–H groups in total. The van der Waals surface area contributed by atoms with Crippen molar-refractivity contribution in [1.82, 2.24) is 15.5 Å². The smallest absolute Gasteiger partial charge is 0.230 e. The quantitative estimate of drug-likeness (QED) is 0.580. The molecule has 156 valence electrons. The molecule has 1 aliphatic carbocycles. The average Bonchev–Trinajstić information content (AvgIpc) is 3.11. The van der Waals surface area contributed by atoms with Crippen LogP contribution in [0.2, 0.25) is 0 Å². The van der Waals surface area contributed by atoms with Crippen LogP contribution in [0.5, 0.6) is 5.75 Å². The first-order valence-electron chi connectivity index (χ1n) is 10.1. The van der Waals surface area contributed by atoms with Gasteiger partial charge in [-0.15, -0.1) is 0 Å². The Morgan fingerprint density at radius 2 is 1.82 bits per heavy atom. The van der Waals surface area contributed by atoms with Gasteiger partial charge in [0, 0.05) is 39.8 Å². The summed E-state index contributed by atoms with van der Waals surface area (Å²) >= 11 is 0. The molecule has 6 nitrogen and oxygen atoms in total. The number of aliphatic imine (C=N–C) groups is 1. The number of hydrogen-bond donors (Lipinski definition) is 2. The van der Waals surface area contributed by atoms with Crippen LogP contribution >= 0.6 is 0 Å². The lowest BCUT2D eigenvalue weighted by Crippen LogP contribution is -2.49. The second-order valence-corrected chi connectivity index (χ2v) is 8.79. The zero-order chi connectivity index (χ0) is 20.8. The van der Waals surface area contributed by atoms with Gasteiger partial charge in [0.1, 0.15) is 11.4 Å². The monoisotopic (exact) mass is 388 g/mol. The number of nitrogens with zero attached hydrogens (tertiary/aromatic N) is 2. The third kappa shape index (κ3) is 5.88. The van der Waals surface area contributed by atoms with Crippen molar-refractivity contribution in [2.45, 2.75) is 58.6 Å². The summed E-state index contributed by atoms with van der Waals surface area (Å²) in [5, 5.41) is 6.73. The summed E-state index contributed by atoms with van der Waals surface area (Å²) in [6, 6.07) is 8.03. The van der Waals surface area contributed by atoms with Gasteiger partial charge in [-0.1, -0.05) is 31.0 Å². The molecule has 1 aromatic rings. The summed E-state index contributed by atoms with van der Waals surface area (Å²) in [7, 11) is 5.42. The molecular weight excluding hydrogens is 352 g/mol. The number of benzene rings is 1. The number of amides is 1. The first-order valence-corrected chi connectivity index (χ1v) is 10.1. The van der Waals surface area contributed by atoms with E-state index in [1.165, 1.54) is 0 Å². The topological polar surface area (TPSA) is 66.0 Å². The van der Waals surface area contributed by atoms with Gasteiger partial charge in [-0.2, -0.15) is 0 Å². The number of para-hydroxylation sites is 1. The van der Waals surface area contributed by atoms with Crippen molar-refractivity contribution in [2.75, 3.05) is 27.7 Å². The van der Waals surface area contributed by atoms with Crippen LogP contribution in [0, 0.1) is 5.41 Å². The average molecular weight is 389 g/mol. The van der Waals surface area contributed by atoms with Crippen LogP contribution < -0.4 is 15.4 Å². The summed E-state index contributed by atoms with van der Waals surface area (Å²) < 4.78 is 6.06. The number of ether oxygens (including phenoxy) is 1. The van der Waals surface area contributed by atoms with E-state index < -0.39 is 0 Å². The lowest BCUT2D eigenvalue weighted by atomic mass is 9.84. The van der Waals surface area contributed by atoms with E-state index in [-0.39, 0.29) is 16.9 Å². The third-order valence-corrected chi connectivity index (χ3v) is 5.07. The van der Waals surface area contributed by atoms with E-state index in [2.05, 4.69) is 21.7 Å². The predicted octanol–water partition coefficient (Wildman–Crippen LogP) is 3.18. The van der Waals surface area contributed by atoms with Gasteiger partial charge < -0.3 is 20.3 Å². The molecule has 1 aliphatic rings. The number of rotatable bonds is 6. The van der Waals surface area contributed by atoms with E-state index in [0.717, 1.165) is 37.0 Å². The van der Waals surface area contributed by atoms with Crippen LogP contribution in [-0.2, 0) is 11.3 Å². The lowest BCUT2D eigenvalue weighted by molar-refractivity contribution is -0.138. The molecule has 0 bridgehead atoms. The van der Waals surface area contributed by atoms with Crippen LogP contribution in [0.1, 0.15) is 52.0 Å². The Morgan fingerprint density at radius 3 is 2.39 bits per heavy atom. The zero-order valence-electron chi connectivity index (χ0n) is 18.3. The molecule has 0 aromatic heterocycles. The maximum absolute atomic E-state index is 12.7. The van der Waals surface area contributed by atoms with Gasteiger partial charge in [-0.3, -0.25) is 9.79 Å². The van der Waals surface area contributed by atoms with E-state index in [1.807, 2.05) is 53.1 Å². The van der Waals surface area contributed by atoms with Crippen LogP contribution in [0.3, 0.4) is 0 Å². The van der Waals surface area contributed by atoms with Crippen molar-refractivity contribution in [3.63, 3.8) is 0 Å². The maximum Gasteiger partial charge on any atom is 0.230 e. The zero-order valence-corrected chi connectivity index (χ0v) is 18.3. The summed E-state index contributed by atoms with van der Waals surface area (Å²) in [4.78, 5) is 18.8. The highest BCUT2D eigenvalue weighted by atomic mass is 16.5. The number of hydrogen-bond acceptors (Lipinski definition) is 3. The lowest BCUT2D eigenvalue weighted by Gasteiger charge is -2.31. The second kappa shape index (κ2) is 9.30. The Bertz CT molecular complexity index is 686. The van der Waals surface area contributed by atoms with Crippen molar-refractivity contribution in [2.24, 2.45) is 10.4 Å². The molecule has 1 saturated carbocycles. The minimum absolute atomic E-state index is 0.205. The molecule has 0 atom stereocenters. The van der Waals surface area contributed by atoms with Crippen molar-refractivity contribution in [1.29, 1.82) is 0 Å². The molecule has 1 fully saturated rings. The van der Waals surface area contributed by atoms with Gasteiger partial charge in [0.05, 0.1) is 5.41 Å². The van der Waals surface area contributed by atoms with Crippen LogP contribution in [0.4, 0.5) is 0 Å². The van der Waals surface area contributed by atoms with Gasteiger partial charge in [0.15, 0.2) is 5.96 Å². The molecule has 6 heteroatoms. The second-order valence-electron chi connectivity index (χ2n) is 8.79. The first-order chi connectivity index (χ1) is 13.2. The third-order valence-electron chi connectivity index (χ3n) is 5.07. The number of guanidine groups is 1. The molecule has 28 heavy (non-hydrogen) atoms. The summed E-state index contributed by atoms with van der Waals surface area (Å²) in [6.45, 7) is 7.33. The first kappa shape index (κ1) is 22.1. The highest BCUT2D eigenvalue weighted by Gasteiger charge is 2.42. The van der Waals surface area contributed by atoms with Crippen LogP contribution in [0.25, 0.3) is 0 Å². The number of carbonyl (C=O) groups excluding carboxylic acids is 1. The van der Waals surface area contributed by atoms with E-state index >= 15 is 0 Å². The molecule has 2 rings (SSSR count). The molecule has 0 spiro atoms. The predicted molar refractivity (Wildman–Crippen MR) is 115 cm³/mol. The fourth-order valence-corrected chi connectivity index (χ4v) is 3.72. The van der Waals surface area contributed by atoms with E-state index in [1.54, 1.807) is 11.9 Å². The van der Waals surface area contributed by atoms with E-state index in [4.69, 9.17) is 4.74 Å². The van der Waals surface area contributed by atoms with E-state index in [9.17, 15) is 4.79 Å². The fourth-order valence-electron chi connectivity index (χ4n) is 3.72. The van der Waals surface area contributed by atoms with Crippen molar-refractivity contribution in [3.8, 4) is 5.75 Å². The molecular formula is C22H36N4O2. The summed E-state index contributed by atoms with van der Waals surface area (Å²) in [5.41, 5.74) is 0.492. The Labute approximate surface area is 169 Å². The van der Waals surface area contributed by atoms with Crippen LogP contribution in [-0.4, -0.2) is 50.1 Å². The van der Waals surface area contributed by atoms with Crippen molar-refractivity contribution in [3.05, 3.63) is 29.8 Å². The van der Waals surface area contributed by atoms with Crippen molar-refractivity contribution < 1.29 is 9.53 Å². The van der Waals surface area contributed by atoms with Gasteiger partial charge >= 0.3 is 0 Å². The fraction of sp³-hybridized carbons (Fsp3) is 0.636. The summed E-state index contributed by atoms with van der Waals surface area (Å²) in [6.07, 6.45) is 4.06. The van der Waals surface area contributed by atoms with E-state index in [0.29, 0.717) is 19.0 Å². The van der Waals surface area contributed by atoms with Gasteiger partial charge in [0.2, 0.25) is 5.91 Å². The molecule has 0 aliphatic heterocycles. The molecule has 0 saturated heterocycles. The SMILES string of the molecule is CN=C(NCc1ccccc1OC(C)(C)C)NCC1(C(=O)N(C)C)CCCC1. The number of carbonyl (C=O) groups is 1. The highest BCUT2D eigenvalue weighted by molar-refractivity contribution is 5.85. The maximum atomic E-state index is 12.7. The summed E-state index contributed by atoms with van der Waals surface area (Å²) in [5.74, 6) is 1.77. The van der Waals surface area contributed by atoms with Gasteiger partial charge in [-0.25, -0.2) is 0 Å².